The lowest BCUT2D eigenvalue weighted by atomic mass is 10.1. The monoisotopic (exact) mass is 553 g/mol. The Balaban J connectivity index is 2.48. The van der Waals surface area contributed by atoms with Gasteiger partial charge in [-0.05, 0) is 42.3 Å². The molecule has 0 aromatic heterocycles. The van der Waals surface area contributed by atoms with E-state index >= 15 is 0 Å². The van der Waals surface area contributed by atoms with Crippen LogP contribution in [0.4, 0.5) is 5.69 Å². The topological polar surface area (TPSA) is 86.8 Å². The van der Waals surface area contributed by atoms with Gasteiger partial charge in [-0.1, -0.05) is 59.4 Å². The van der Waals surface area contributed by atoms with E-state index in [1.807, 2.05) is 0 Å². The van der Waals surface area contributed by atoms with Crippen molar-refractivity contribution in [3.05, 3.63) is 62.1 Å². The predicted molar refractivity (Wildman–Crippen MR) is 134 cm³/mol. The molecule has 2 rings (SSSR count). The molecule has 0 spiro atoms. The van der Waals surface area contributed by atoms with Gasteiger partial charge in [-0.3, -0.25) is 13.9 Å². The summed E-state index contributed by atoms with van der Waals surface area (Å²) in [7, 11) is -2.44. The Labute approximate surface area is 213 Å². The summed E-state index contributed by atoms with van der Waals surface area (Å²) >= 11 is 24.2. The van der Waals surface area contributed by atoms with Crippen molar-refractivity contribution in [2.45, 2.75) is 25.9 Å². The molecule has 0 aliphatic heterocycles. The number of benzene rings is 2. The molecule has 1 unspecified atom stereocenters. The number of amides is 2. The van der Waals surface area contributed by atoms with Gasteiger partial charge in [0, 0.05) is 18.6 Å². The molecular weight excluding hydrogens is 532 g/mol. The third-order valence-electron chi connectivity index (χ3n) is 4.83. The molecule has 33 heavy (non-hydrogen) atoms. The summed E-state index contributed by atoms with van der Waals surface area (Å²) in [5, 5.41) is 3.56. The molecule has 12 heteroatoms. The number of rotatable bonds is 9. The van der Waals surface area contributed by atoms with Crippen LogP contribution >= 0.6 is 46.4 Å². The van der Waals surface area contributed by atoms with Gasteiger partial charge in [0.2, 0.25) is 21.8 Å². The van der Waals surface area contributed by atoms with Gasteiger partial charge in [-0.2, -0.15) is 0 Å². The van der Waals surface area contributed by atoms with Gasteiger partial charge in [0.05, 0.1) is 27.0 Å². The number of hydrogen-bond donors (Lipinski definition) is 1. The fourth-order valence-electron chi connectivity index (χ4n) is 3.20. The lowest BCUT2D eigenvalue weighted by Crippen LogP contribution is -2.51. The molecule has 0 aliphatic rings. The highest BCUT2D eigenvalue weighted by Crippen LogP contribution is 2.31. The smallest absolute Gasteiger partial charge is 0.244 e. The zero-order valence-corrected chi connectivity index (χ0v) is 22.0. The Kier molecular flexibility index (Phi) is 9.70. The molecule has 0 fully saturated rings. The number of carbonyl (C=O) groups is 2. The predicted octanol–water partition coefficient (Wildman–Crippen LogP) is 4.62. The zero-order chi connectivity index (χ0) is 24.9. The van der Waals surface area contributed by atoms with Crippen molar-refractivity contribution in [1.82, 2.24) is 10.2 Å². The molecule has 0 aliphatic carbocycles. The third kappa shape index (κ3) is 7.13. The molecular formula is C21H23Cl4N3O4S. The molecule has 180 valence electrons. The normalized spacial score (nSPS) is 12.2. The van der Waals surface area contributed by atoms with E-state index in [1.54, 1.807) is 25.1 Å². The van der Waals surface area contributed by atoms with Crippen molar-refractivity contribution < 1.29 is 18.0 Å². The van der Waals surface area contributed by atoms with E-state index < -0.39 is 28.5 Å². The summed E-state index contributed by atoms with van der Waals surface area (Å²) in [5.41, 5.74) is 0.718. The SMILES string of the molecule is CCC(C(=O)NC)N(Cc1ccc(Cl)c(Cl)c1)C(=O)CN(c1ccc(Cl)cc1Cl)S(C)(=O)=O. The fourth-order valence-corrected chi connectivity index (χ4v) is 4.94. The first-order valence-corrected chi connectivity index (χ1v) is 13.1. The Hall–Kier alpha value is -1.71. The Morgan fingerprint density at radius 3 is 2.18 bits per heavy atom. The first kappa shape index (κ1) is 27.5. The van der Waals surface area contributed by atoms with Crippen LogP contribution in [0.15, 0.2) is 36.4 Å². The third-order valence-corrected chi connectivity index (χ3v) is 7.23. The standard InChI is InChI=1S/C21H23Cl4N3O4S/c1-4-18(21(30)26-2)27(11-13-5-7-15(23)16(24)9-13)20(29)12-28(33(3,31)32)19-8-6-14(22)10-17(19)25/h5-10,18H,4,11-12H2,1-3H3,(H,26,30). The molecule has 0 bridgehead atoms. The summed E-state index contributed by atoms with van der Waals surface area (Å²) in [6.07, 6.45) is 1.26. The molecule has 2 amide bonds. The molecule has 0 heterocycles. The number of anilines is 1. The Bertz CT molecular complexity index is 1140. The van der Waals surface area contributed by atoms with Crippen LogP contribution in [0.1, 0.15) is 18.9 Å². The summed E-state index contributed by atoms with van der Waals surface area (Å²) in [6, 6.07) is 8.27. The van der Waals surface area contributed by atoms with E-state index in [-0.39, 0.29) is 23.2 Å². The molecule has 1 atom stereocenters. The molecule has 0 saturated carbocycles. The Morgan fingerprint density at radius 1 is 1.00 bits per heavy atom. The van der Waals surface area contributed by atoms with Crippen LogP contribution in [0.2, 0.25) is 20.1 Å². The van der Waals surface area contributed by atoms with Crippen LogP contribution in [0.5, 0.6) is 0 Å². The van der Waals surface area contributed by atoms with Crippen molar-refractivity contribution in [1.29, 1.82) is 0 Å². The number of nitrogens with zero attached hydrogens (tertiary/aromatic N) is 2. The number of nitrogens with one attached hydrogen (secondary N) is 1. The minimum atomic E-state index is -3.91. The van der Waals surface area contributed by atoms with Gasteiger partial charge in [0.25, 0.3) is 0 Å². The van der Waals surface area contributed by atoms with Gasteiger partial charge < -0.3 is 10.2 Å². The highest BCUT2D eigenvalue weighted by molar-refractivity contribution is 7.92. The van der Waals surface area contributed by atoms with Crippen molar-refractivity contribution in [2.75, 3.05) is 24.2 Å². The summed E-state index contributed by atoms with van der Waals surface area (Å²) in [5.74, 6) is -0.991. The molecule has 2 aromatic rings. The van der Waals surface area contributed by atoms with Crippen LogP contribution in [-0.2, 0) is 26.2 Å². The summed E-state index contributed by atoms with van der Waals surface area (Å²) in [6.45, 7) is 1.18. The fraction of sp³-hybridized carbons (Fsp3) is 0.333. The molecule has 0 saturated heterocycles. The number of sulfonamides is 1. The lowest BCUT2D eigenvalue weighted by Gasteiger charge is -2.32. The van der Waals surface area contributed by atoms with Gasteiger partial charge in [-0.25, -0.2) is 8.42 Å². The number of likely N-dealkylation sites (N-methyl/N-ethyl adjacent to an activating group) is 1. The maximum atomic E-state index is 13.4. The lowest BCUT2D eigenvalue weighted by molar-refractivity contribution is -0.140. The van der Waals surface area contributed by atoms with E-state index in [0.29, 0.717) is 27.1 Å². The highest BCUT2D eigenvalue weighted by Gasteiger charge is 2.32. The number of hydrogen-bond acceptors (Lipinski definition) is 4. The molecule has 0 radical (unpaired) electrons. The van der Waals surface area contributed by atoms with Crippen LogP contribution in [0, 0.1) is 0 Å². The second-order valence-electron chi connectivity index (χ2n) is 7.17. The van der Waals surface area contributed by atoms with Crippen LogP contribution in [0.3, 0.4) is 0 Å². The van der Waals surface area contributed by atoms with E-state index in [9.17, 15) is 18.0 Å². The van der Waals surface area contributed by atoms with Crippen molar-refractivity contribution in [2.24, 2.45) is 0 Å². The largest absolute Gasteiger partial charge is 0.357 e. The minimum absolute atomic E-state index is 0.00754. The van der Waals surface area contributed by atoms with Crippen LogP contribution < -0.4 is 9.62 Å². The summed E-state index contributed by atoms with van der Waals surface area (Å²) in [4.78, 5) is 27.3. The van der Waals surface area contributed by atoms with Crippen LogP contribution in [0.25, 0.3) is 0 Å². The van der Waals surface area contributed by atoms with Gasteiger partial charge >= 0.3 is 0 Å². The average molecular weight is 555 g/mol. The second kappa shape index (κ2) is 11.6. The van der Waals surface area contributed by atoms with E-state index in [1.165, 1.54) is 30.1 Å². The molecule has 2 aromatic carbocycles. The average Bonchev–Trinajstić information content (AvgIpc) is 2.73. The van der Waals surface area contributed by atoms with E-state index in [2.05, 4.69) is 5.32 Å². The van der Waals surface area contributed by atoms with E-state index in [4.69, 9.17) is 46.4 Å². The van der Waals surface area contributed by atoms with Gasteiger partial charge in [0.15, 0.2) is 0 Å². The number of carbonyl (C=O) groups excluding carboxylic acids is 2. The van der Waals surface area contributed by atoms with Crippen molar-refractivity contribution >= 4 is 73.9 Å². The first-order valence-electron chi connectivity index (χ1n) is 9.76. The van der Waals surface area contributed by atoms with Crippen molar-refractivity contribution in [3.63, 3.8) is 0 Å². The summed E-state index contributed by atoms with van der Waals surface area (Å²) < 4.78 is 26.0. The zero-order valence-electron chi connectivity index (χ0n) is 18.1. The van der Waals surface area contributed by atoms with E-state index in [0.717, 1.165) is 10.6 Å². The first-order chi connectivity index (χ1) is 15.4. The maximum absolute atomic E-state index is 13.4. The Morgan fingerprint density at radius 2 is 1.67 bits per heavy atom. The minimum Gasteiger partial charge on any atom is -0.357 e. The maximum Gasteiger partial charge on any atom is 0.244 e. The van der Waals surface area contributed by atoms with Gasteiger partial charge in [-0.15, -0.1) is 0 Å². The quantitative estimate of drug-likeness (QED) is 0.490. The molecule has 7 nitrogen and oxygen atoms in total. The highest BCUT2D eigenvalue weighted by atomic mass is 35.5. The van der Waals surface area contributed by atoms with Gasteiger partial charge in [0.1, 0.15) is 12.6 Å². The van der Waals surface area contributed by atoms with Crippen LogP contribution in [-0.4, -0.2) is 51.0 Å². The second-order valence-corrected chi connectivity index (χ2v) is 10.7. The van der Waals surface area contributed by atoms with Crippen molar-refractivity contribution in [3.8, 4) is 0 Å². The molecule has 1 N–H and O–H groups in total. The number of halogens is 4.